The van der Waals surface area contributed by atoms with Crippen molar-refractivity contribution in [3.8, 4) is 23.0 Å². The number of amides is 1. The summed E-state index contributed by atoms with van der Waals surface area (Å²) in [4.78, 5) is 24.7. The summed E-state index contributed by atoms with van der Waals surface area (Å²) >= 11 is 0. The van der Waals surface area contributed by atoms with Gasteiger partial charge in [-0.1, -0.05) is 30.3 Å². The molecule has 0 saturated carbocycles. The van der Waals surface area contributed by atoms with Crippen molar-refractivity contribution in [1.29, 1.82) is 0 Å². The summed E-state index contributed by atoms with van der Waals surface area (Å²) in [5.41, 5.74) is 0.757. The minimum absolute atomic E-state index is 0.282. The Balaban J connectivity index is 1.36. The molecule has 0 bridgehead atoms. The average molecular weight is 419 g/mol. The zero-order valence-electron chi connectivity index (χ0n) is 16.7. The molecule has 3 aromatic rings. The highest BCUT2D eigenvalue weighted by Gasteiger charge is 2.16. The fraction of sp³-hybridized carbons (Fsp3) is 0.167. The highest BCUT2D eigenvalue weighted by Crippen LogP contribution is 2.31. The van der Waals surface area contributed by atoms with E-state index in [0.717, 1.165) is 6.42 Å². The number of nitrogens with one attached hydrogen (secondary N) is 1. The summed E-state index contributed by atoms with van der Waals surface area (Å²) in [6.45, 7) is 0.637. The number of benzene rings is 3. The lowest BCUT2D eigenvalue weighted by Gasteiger charge is -2.12. The van der Waals surface area contributed by atoms with Gasteiger partial charge >= 0.3 is 5.97 Å². The first-order valence-corrected chi connectivity index (χ1v) is 9.87. The van der Waals surface area contributed by atoms with E-state index in [1.165, 1.54) is 0 Å². The van der Waals surface area contributed by atoms with Crippen LogP contribution in [0.15, 0.2) is 72.8 Å². The second-order valence-electron chi connectivity index (χ2n) is 6.75. The van der Waals surface area contributed by atoms with Crippen LogP contribution < -0.4 is 19.5 Å². The van der Waals surface area contributed by atoms with Gasteiger partial charge in [-0.05, 0) is 42.5 Å². The molecule has 0 spiro atoms. The van der Waals surface area contributed by atoms with E-state index >= 15 is 0 Å². The number of ether oxygens (including phenoxy) is 4. The SMILES string of the molecule is O=C(COC(=O)c1ccc2c(c1)OCCCO2)Nc1ccccc1Oc1ccccc1. The maximum atomic E-state index is 12.4. The molecule has 0 saturated heterocycles. The molecule has 0 aliphatic carbocycles. The van der Waals surface area contributed by atoms with Crippen LogP contribution in [0.25, 0.3) is 0 Å². The van der Waals surface area contributed by atoms with E-state index in [0.29, 0.717) is 41.9 Å². The Labute approximate surface area is 179 Å². The van der Waals surface area contributed by atoms with Crippen molar-refractivity contribution < 1.29 is 28.5 Å². The fourth-order valence-electron chi connectivity index (χ4n) is 2.97. The molecule has 31 heavy (non-hydrogen) atoms. The standard InChI is InChI=1S/C24H21NO6/c26-23(25-19-9-4-5-10-20(19)31-18-7-2-1-3-8-18)16-30-24(27)17-11-12-21-22(15-17)29-14-6-13-28-21/h1-5,7-12,15H,6,13-14,16H2,(H,25,26). The Kier molecular flexibility index (Phi) is 6.32. The van der Waals surface area contributed by atoms with Crippen molar-refractivity contribution in [2.45, 2.75) is 6.42 Å². The summed E-state index contributed by atoms with van der Waals surface area (Å²) in [7, 11) is 0. The Bertz CT molecular complexity index is 1070. The van der Waals surface area contributed by atoms with Gasteiger partial charge in [-0.15, -0.1) is 0 Å². The van der Waals surface area contributed by atoms with Crippen molar-refractivity contribution in [1.82, 2.24) is 0 Å². The van der Waals surface area contributed by atoms with E-state index in [1.807, 2.05) is 30.3 Å². The quantitative estimate of drug-likeness (QED) is 0.595. The second kappa shape index (κ2) is 9.67. The van der Waals surface area contributed by atoms with E-state index in [4.69, 9.17) is 18.9 Å². The molecule has 1 N–H and O–H groups in total. The van der Waals surface area contributed by atoms with Gasteiger partial charge < -0.3 is 24.3 Å². The molecule has 4 rings (SSSR count). The lowest BCUT2D eigenvalue weighted by Crippen LogP contribution is -2.21. The van der Waals surface area contributed by atoms with Gasteiger partial charge in [0, 0.05) is 6.42 Å². The van der Waals surface area contributed by atoms with Crippen LogP contribution in [0.1, 0.15) is 16.8 Å². The van der Waals surface area contributed by atoms with Crippen molar-refractivity contribution in [2.24, 2.45) is 0 Å². The Hall–Kier alpha value is -4.00. The van der Waals surface area contributed by atoms with E-state index in [1.54, 1.807) is 42.5 Å². The highest BCUT2D eigenvalue weighted by molar-refractivity contribution is 5.96. The van der Waals surface area contributed by atoms with E-state index < -0.39 is 18.5 Å². The lowest BCUT2D eigenvalue weighted by molar-refractivity contribution is -0.119. The number of carbonyl (C=O) groups is 2. The third kappa shape index (κ3) is 5.33. The van der Waals surface area contributed by atoms with Gasteiger partial charge in [0.25, 0.3) is 5.91 Å². The monoisotopic (exact) mass is 419 g/mol. The molecule has 0 radical (unpaired) electrons. The van der Waals surface area contributed by atoms with Crippen LogP contribution in [-0.4, -0.2) is 31.7 Å². The molecule has 1 aliphatic rings. The van der Waals surface area contributed by atoms with Crippen LogP contribution >= 0.6 is 0 Å². The minimum Gasteiger partial charge on any atom is -0.490 e. The van der Waals surface area contributed by atoms with Crippen LogP contribution in [-0.2, 0) is 9.53 Å². The summed E-state index contributed by atoms with van der Waals surface area (Å²) in [6, 6.07) is 21.1. The minimum atomic E-state index is -0.625. The molecule has 7 heteroatoms. The maximum absolute atomic E-state index is 12.4. The number of hydrogen-bond acceptors (Lipinski definition) is 6. The van der Waals surface area contributed by atoms with Gasteiger partial charge in [-0.3, -0.25) is 4.79 Å². The van der Waals surface area contributed by atoms with E-state index in [-0.39, 0.29) is 5.56 Å². The van der Waals surface area contributed by atoms with Crippen molar-refractivity contribution in [3.05, 3.63) is 78.4 Å². The van der Waals surface area contributed by atoms with Gasteiger partial charge in [-0.25, -0.2) is 4.79 Å². The molecule has 3 aromatic carbocycles. The van der Waals surface area contributed by atoms with Gasteiger partial charge in [0.05, 0.1) is 24.5 Å². The summed E-state index contributed by atoms with van der Waals surface area (Å²) < 4.78 is 22.1. The van der Waals surface area contributed by atoms with Crippen LogP contribution in [0.4, 0.5) is 5.69 Å². The number of hydrogen-bond donors (Lipinski definition) is 1. The molecule has 0 fully saturated rings. The fourth-order valence-corrected chi connectivity index (χ4v) is 2.97. The molecule has 1 heterocycles. The average Bonchev–Trinajstić information content (AvgIpc) is 3.04. The molecule has 158 valence electrons. The summed E-state index contributed by atoms with van der Waals surface area (Å²) in [5.74, 6) is 1.10. The molecule has 0 atom stereocenters. The van der Waals surface area contributed by atoms with Crippen molar-refractivity contribution in [2.75, 3.05) is 25.1 Å². The first kappa shape index (κ1) is 20.3. The third-order valence-corrected chi connectivity index (χ3v) is 4.45. The van der Waals surface area contributed by atoms with Gasteiger partial charge in [0.15, 0.2) is 23.9 Å². The van der Waals surface area contributed by atoms with Crippen LogP contribution in [0, 0.1) is 0 Å². The van der Waals surface area contributed by atoms with Crippen molar-refractivity contribution in [3.63, 3.8) is 0 Å². The van der Waals surface area contributed by atoms with E-state index in [2.05, 4.69) is 5.32 Å². The zero-order valence-corrected chi connectivity index (χ0v) is 16.7. The normalized spacial score (nSPS) is 12.4. The molecular weight excluding hydrogens is 398 g/mol. The predicted octanol–water partition coefficient (Wildman–Crippen LogP) is 4.44. The Morgan fingerprint density at radius 2 is 1.61 bits per heavy atom. The van der Waals surface area contributed by atoms with E-state index in [9.17, 15) is 9.59 Å². The highest BCUT2D eigenvalue weighted by atomic mass is 16.5. The van der Waals surface area contributed by atoms with Gasteiger partial charge in [-0.2, -0.15) is 0 Å². The smallest absolute Gasteiger partial charge is 0.338 e. The molecule has 1 aliphatic heterocycles. The molecule has 0 aromatic heterocycles. The number of rotatable bonds is 6. The Morgan fingerprint density at radius 3 is 2.45 bits per heavy atom. The molecule has 7 nitrogen and oxygen atoms in total. The lowest BCUT2D eigenvalue weighted by atomic mass is 10.2. The number of fused-ring (bicyclic) bond motifs is 1. The third-order valence-electron chi connectivity index (χ3n) is 4.45. The predicted molar refractivity (Wildman–Crippen MR) is 114 cm³/mol. The van der Waals surface area contributed by atoms with Crippen LogP contribution in [0.3, 0.4) is 0 Å². The summed E-state index contributed by atoms with van der Waals surface area (Å²) in [5, 5.41) is 2.71. The maximum Gasteiger partial charge on any atom is 0.338 e. The van der Waals surface area contributed by atoms with Gasteiger partial charge in [0.1, 0.15) is 5.75 Å². The summed E-state index contributed by atoms with van der Waals surface area (Å²) in [6.07, 6.45) is 0.768. The first-order valence-electron chi connectivity index (χ1n) is 9.87. The van der Waals surface area contributed by atoms with Crippen molar-refractivity contribution >= 4 is 17.6 Å². The molecule has 1 amide bonds. The van der Waals surface area contributed by atoms with Gasteiger partial charge in [0.2, 0.25) is 0 Å². The van der Waals surface area contributed by atoms with Crippen LogP contribution in [0.5, 0.6) is 23.0 Å². The number of esters is 1. The largest absolute Gasteiger partial charge is 0.490 e. The molecular formula is C24H21NO6. The second-order valence-corrected chi connectivity index (χ2v) is 6.75. The molecule has 0 unspecified atom stereocenters. The van der Waals surface area contributed by atoms with Crippen LogP contribution in [0.2, 0.25) is 0 Å². The number of anilines is 1. The Morgan fingerprint density at radius 1 is 0.871 bits per heavy atom. The zero-order chi connectivity index (χ0) is 21.5. The first-order chi connectivity index (χ1) is 15.2. The number of carbonyl (C=O) groups excluding carboxylic acids is 2. The number of para-hydroxylation sites is 3. The topological polar surface area (TPSA) is 83.1 Å².